The van der Waals surface area contributed by atoms with Crippen LogP contribution < -0.4 is 0 Å². The molecule has 1 N–H and O–H groups in total. The van der Waals surface area contributed by atoms with Crippen LogP contribution in [-0.2, 0) is 4.74 Å². The zero-order chi connectivity index (χ0) is 12.9. The lowest BCUT2D eigenvalue weighted by molar-refractivity contribution is -0.0863. The Hall–Kier alpha value is -0.0800. The van der Waals surface area contributed by atoms with Gasteiger partial charge in [0, 0.05) is 6.61 Å². The fourth-order valence-corrected chi connectivity index (χ4v) is 2.67. The van der Waals surface area contributed by atoms with Crippen LogP contribution in [0.25, 0.3) is 0 Å². The summed E-state index contributed by atoms with van der Waals surface area (Å²) in [4.78, 5) is 0. The van der Waals surface area contributed by atoms with Crippen LogP contribution in [0.5, 0.6) is 0 Å². The predicted molar refractivity (Wildman–Crippen MR) is 72.1 cm³/mol. The minimum atomic E-state index is -0.240. The van der Waals surface area contributed by atoms with E-state index in [1.807, 2.05) is 0 Å². The van der Waals surface area contributed by atoms with Gasteiger partial charge in [-0.15, -0.1) is 0 Å². The van der Waals surface area contributed by atoms with Gasteiger partial charge in [-0.05, 0) is 37.0 Å². The van der Waals surface area contributed by atoms with Crippen molar-refractivity contribution in [2.24, 2.45) is 11.3 Å². The van der Waals surface area contributed by atoms with E-state index in [1.54, 1.807) is 0 Å². The summed E-state index contributed by atoms with van der Waals surface area (Å²) in [5.41, 5.74) is 0.381. The summed E-state index contributed by atoms with van der Waals surface area (Å²) in [7, 11) is 0. The molecule has 2 heteroatoms. The van der Waals surface area contributed by atoms with Crippen LogP contribution in [0.2, 0.25) is 0 Å². The lowest BCUT2D eigenvalue weighted by Gasteiger charge is -2.41. The monoisotopic (exact) mass is 242 g/mol. The maximum Gasteiger partial charge on any atom is 0.0836 e. The summed E-state index contributed by atoms with van der Waals surface area (Å²) in [6.07, 6.45) is 6.39. The zero-order valence-electron chi connectivity index (χ0n) is 12.0. The van der Waals surface area contributed by atoms with Gasteiger partial charge in [-0.3, -0.25) is 0 Å². The Kier molecular flexibility index (Phi) is 5.94. The molecule has 0 amide bonds. The number of unbranched alkanes of at least 4 members (excludes halogenated alkanes) is 1. The number of rotatable bonds is 6. The Morgan fingerprint density at radius 1 is 1.24 bits per heavy atom. The molecular weight excluding hydrogens is 212 g/mol. The number of aliphatic hydroxyl groups is 1. The van der Waals surface area contributed by atoms with Gasteiger partial charge in [0.2, 0.25) is 0 Å². The summed E-state index contributed by atoms with van der Waals surface area (Å²) in [5.74, 6) is 0.697. The van der Waals surface area contributed by atoms with Crippen molar-refractivity contribution in [3.8, 4) is 0 Å². The van der Waals surface area contributed by atoms with Crippen molar-refractivity contribution in [3.63, 3.8) is 0 Å². The molecule has 0 heterocycles. The minimum absolute atomic E-state index is 0.0751. The van der Waals surface area contributed by atoms with Crippen LogP contribution in [0.1, 0.15) is 66.2 Å². The average Bonchev–Trinajstić information content (AvgIpc) is 2.31. The van der Waals surface area contributed by atoms with Gasteiger partial charge in [-0.1, -0.05) is 40.5 Å². The molecule has 2 nitrogen and oxygen atoms in total. The molecule has 0 bridgehead atoms. The Balaban J connectivity index is 2.47. The fraction of sp³-hybridized carbons (Fsp3) is 1.00. The van der Waals surface area contributed by atoms with E-state index >= 15 is 0 Å². The topological polar surface area (TPSA) is 29.5 Å². The molecule has 1 aliphatic rings. The molecule has 1 rings (SSSR count). The second-order valence-corrected chi connectivity index (χ2v) is 6.18. The SMILES string of the molecule is CCCCOC1CC(C(C)(C)CC)CCC1O. The highest BCUT2D eigenvalue weighted by Gasteiger charge is 2.36. The van der Waals surface area contributed by atoms with Crippen LogP contribution in [-0.4, -0.2) is 23.9 Å². The second kappa shape index (κ2) is 6.75. The third kappa shape index (κ3) is 4.26. The molecule has 0 aromatic heterocycles. The molecule has 17 heavy (non-hydrogen) atoms. The number of hydrogen-bond acceptors (Lipinski definition) is 2. The molecule has 1 fully saturated rings. The molecule has 0 aliphatic heterocycles. The van der Waals surface area contributed by atoms with Gasteiger partial charge in [0.1, 0.15) is 0 Å². The van der Waals surface area contributed by atoms with Crippen LogP contribution in [0.3, 0.4) is 0 Å². The summed E-state index contributed by atoms with van der Waals surface area (Å²) in [6.45, 7) is 9.93. The fourth-order valence-electron chi connectivity index (χ4n) is 2.67. The summed E-state index contributed by atoms with van der Waals surface area (Å²) >= 11 is 0. The first-order chi connectivity index (χ1) is 8.01. The second-order valence-electron chi connectivity index (χ2n) is 6.18. The predicted octanol–water partition coefficient (Wildman–Crippen LogP) is 3.77. The van der Waals surface area contributed by atoms with Crippen LogP contribution in [0, 0.1) is 11.3 Å². The highest BCUT2D eigenvalue weighted by molar-refractivity contribution is 4.87. The Bertz CT molecular complexity index is 213. The Morgan fingerprint density at radius 3 is 2.53 bits per heavy atom. The van der Waals surface area contributed by atoms with E-state index in [2.05, 4.69) is 27.7 Å². The third-order valence-corrected chi connectivity index (χ3v) is 4.60. The maximum atomic E-state index is 10.00. The van der Waals surface area contributed by atoms with Crippen LogP contribution in [0.4, 0.5) is 0 Å². The molecule has 3 unspecified atom stereocenters. The van der Waals surface area contributed by atoms with Gasteiger partial charge in [0.25, 0.3) is 0 Å². The van der Waals surface area contributed by atoms with Crippen molar-refractivity contribution in [1.82, 2.24) is 0 Å². The van der Waals surface area contributed by atoms with Gasteiger partial charge in [-0.2, -0.15) is 0 Å². The quantitative estimate of drug-likeness (QED) is 0.718. The van der Waals surface area contributed by atoms with Gasteiger partial charge in [0.05, 0.1) is 12.2 Å². The van der Waals surface area contributed by atoms with Crippen molar-refractivity contribution < 1.29 is 9.84 Å². The molecule has 0 aromatic carbocycles. The highest BCUT2D eigenvalue weighted by atomic mass is 16.5. The first-order valence-electron chi connectivity index (χ1n) is 7.31. The normalized spacial score (nSPS) is 30.5. The van der Waals surface area contributed by atoms with Gasteiger partial charge in [-0.25, -0.2) is 0 Å². The van der Waals surface area contributed by atoms with Crippen molar-refractivity contribution in [1.29, 1.82) is 0 Å². The smallest absolute Gasteiger partial charge is 0.0836 e. The van der Waals surface area contributed by atoms with Gasteiger partial charge in [0.15, 0.2) is 0 Å². The third-order valence-electron chi connectivity index (χ3n) is 4.60. The number of hydrogen-bond donors (Lipinski definition) is 1. The zero-order valence-corrected chi connectivity index (χ0v) is 12.0. The lowest BCUT2D eigenvalue weighted by atomic mass is 9.68. The van der Waals surface area contributed by atoms with Crippen molar-refractivity contribution >= 4 is 0 Å². The average molecular weight is 242 g/mol. The largest absolute Gasteiger partial charge is 0.390 e. The molecule has 3 atom stereocenters. The standard InChI is InChI=1S/C15H30O2/c1-5-7-10-17-14-11-12(8-9-13(14)16)15(3,4)6-2/h12-14,16H,5-11H2,1-4H3. The first kappa shape index (κ1) is 15.0. The van der Waals surface area contributed by atoms with Crippen LogP contribution >= 0.6 is 0 Å². The molecule has 102 valence electrons. The molecule has 1 aliphatic carbocycles. The molecule has 0 radical (unpaired) electrons. The van der Waals surface area contributed by atoms with E-state index in [0.29, 0.717) is 11.3 Å². The highest BCUT2D eigenvalue weighted by Crippen LogP contribution is 2.41. The Morgan fingerprint density at radius 2 is 1.94 bits per heavy atom. The van der Waals surface area contributed by atoms with Crippen molar-refractivity contribution in [3.05, 3.63) is 0 Å². The van der Waals surface area contributed by atoms with Crippen molar-refractivity contribution in [2.45, 2.75) is 78.4 Å². The summed E-state index contributed by atoms with van der Waals surface area (Å²) in [5, 5.41) is 10.00. The molecule has 0 aromatic rings. The minimum Gasteiger partial charge on any atom is -0.390 e. The molecule has 1 saturated carbocycles. The van der Waals surface area contributed by atoms with Gasteiger partial charge < -0.3 is 9.84 Å². The first-order valence-corrected chi connectivity index (χ1v) is 7.31. The van der Waals surface area contributed by atoms with E-state index < -0.39 is 0 Å². The van der Waals surface area contributed by atoms with Crippen molar-refractivity contribution in [2.75, 3.05) is 6.61 Å². The van der Waals surface area contributed by atoms with E-state index in [1.165, 1.54) is 6.42 Å². The molecule has 0 spiro atoms. The summed E-state index contributed by atoms with van der Waals surface area (Å²) in [6, 6.07) is 0. The molecule has 0 saturated heterocycles. The summed E-state index contributed by atoms with van der Waals surface area (Å²) < 4.78 is 5.86. The number of aliphatic hydroxyl groups excluding tert-OH is 1. The van der Waals surface area contributed by atoms with E-state index in [0.717, 1.165) is 38.7 Å². The van der Waals surface area contributed by atoms with Crippen LogP contribution in [0.15, 0.2) is 0 Å². The van der Waals surface area contributed by atoms with E-state index in [4.69, 9.17) is 4.74 Å². The maximum absolute atomic E-state index is 10.00. The Labute approximate surface area is 107 Å². The molecular formula is C15H30O2. The van der Waals surface area contributed by atoms with E-state index in [9.17, 15) is 5.11 Å². The van der Waals surface area contributed by atoms with E-state index in [-0.39, 0.29) is 12.2 Å². The lowest BCUT2D eigenvalue weighted by Crippen LogP contribution is -2.40. The number of ether oxygens (including phenoxy) is 1. The van der Waals surface area contributed by atoms with Gasteiger partial charge >= 0.3 is 0 Å².